The number of amides is 1. The van der Waals surface area contributed by atoms with E-state index in [4.69, 9.17) is 9.90 Å². The SMILES string of the molecule is CCc1ccc(S(=O)(=O)N(CCC(=O)N2CCNCC2)CCC(C)C)cc1.O=C(O)C(F)(F)F. The van der Waals surface area contributed by atoms with E-state index in [0.717, 1.165) is 31.5 Å². The first-order valence-electron chi connectivity index (χ1n) is 11.2. The lowest BCUT2D eigenvalue weighted by Gasteiger charge is -2.29. The van der Waals surface area contributed by atoms with Crippen molar-refractivity contribution >= 4 is 21.9 Å². The summed E-state index contributed by atoms with van der Waals surface area (Å²) in [7, 11) is -3.60. The van der Waals surface area contributed by atoms with Crippen molar-refractivity contribution in [3.05, 3.63) is 29.8 Å². The zero-order valence-electron chi connectivity index (χ0n) is 19.8. The van der Waals surface area contributed by atoms with Crippen LogP contribution >= 0.6 is 0 Å². The first-order valence-corrected chi connectivity index (χ1v) is 12.6. The molecule has 2 rings (SSSR count). The molecule has 0 aliphatic carbocycles. The van der Waals surface area contributed by atoms with Gasteiger partial charge in [0.15, 0.2) is 0 Å². The molecule has 1 aromatic rings. The van der Waals surface area contributed by atoms with E-state index in [-0.39, 0.29) is 18.9 Å². The van der Waals surface area contributed by atoms with Crippen molar-refractivity contribution in [3.8, 4) is 0 Å². The number of piperazine rings is 1. The Labute approximate surface area is 199 Å². The lowest BCUT2D eigenvalue weighted by molar-refractivity contribution is -0.192. The molecule has 0 spiro atoms. The van der Waals surface area contributed by atoms with Gasteiger partial charge in [-0.2, -0.15) is 17.5 Å². The molecule has 1 amide bonds. The molecule has 0 unspecified atom stereocenters. The summed E-state index contributed by atoms with van der Waals surface area (Å²) in [5, 5.41) is 10.3. The summed E-state index contributed by atoms with van der Waals surface area (Å²) in [4.78, 5) is 23.5. The summed E-state index contributed by atoms with van der Waals surface area (Å²) in [5.74, 6) is -2.33. The highest BCUT2D eigenvalue weighted by Crippen LogP contribution is 2.19. The minimum absolute atomic E-state index is 0.0302. The van der Waals surface area contributed by atoms with Gasteiger partial charge in [-0.05, 0) is 36.5 Å². The molecule has 1 fully saturated rings. The van der Waals surface area contributed by atoms with Crippen molar-refractivity contribution in [3.63, 3.8) is 0 Å². The van der Waals surface area contributed by atoms with Crippen LogP contribution in [-0.4, -0.2) is 80.1 Å². The van der Waals surface area contributed by atoms with Gasteiger partial charge in [-0.1, -0.05) is 32.9 Å². The smallest absolute Gasteiger partial charge is 0.475 e. The van der Waals surface area contributed by atoms with Gasteiger partial charge in [-0.25, -0.2) is 13.2 Å². The van der Waals surface area contributed by atoms with Crippen LogP contribution in [0.3, 0.4) is 0 Å². The van der Waals surface area contributed by atoms with E-state index >= 15 is 0 Å². The fourth-order valence-corrected chi connectivity index (χ4v) is 4.55. The monoisotopic (exact) mass is 509 g/mol. The van der Waals surface area contributed by atoms with E-state index in [9.17, 15) is 26.4 Å². The fraction of sp³-hybridized carbons (Fsp3) is 0.636. The maximum Gasteiger partial charge on any atom is 0.490 e. The van der Waals surface area contributed by atoms with Crippen molar-refractivity contribution in [1.29, 1.82) is 0 Å². The first kappa shape index (κ1) is 29.9. The summed E-state index contributed by atoms with van der Waals surface area (Å²) in [6.07, 6.45) is -3.21. The number of hydrogen-bond acceptors (Lipinski definition) is 5. The van der Waals surface area contributed by atoms with Crippen LogP contribution in [0.4, 0.5) is 13.2 Å². The number of aryl methyl sites for hydroxylation is 1. The number of sulfonamides is 1. The average molecular weight is 510 g/mol. The van der Waals surface area contributed by atoms with Crippen molar-refractivity contribution in [2.75, 3.05) is 39.3 Å². The Kier molecular flexibility index (Phi) is 12.0. The molecule has 1 aliphatic rings. The summed E-state index contributed by atoms with van der Waals surface area (Å²) in [5.41, 5.74) is 1.11. The minimum atomic E-state index is -5.08. The predicted octanol–water partition coefficient (Wildman–Crippen LogP) is 2.74. The zero-order chi connectivity index (χ0) is 25.9. The number of benzene rings is 1. The highest BCUT2D eigenvalue weighted by molar-refractivity contribution is 7.89. The van der Waals surface area contributed by atoms with Crippen LogP contribution in [0.5, 0.6) is 0 Å². The highest BCUT2D eigenvalue weighted by Gasteiger charge is 2.38. The number of carboxylic acid groups (broad SMARTS) is 1. The quantitative estimate of drug-likeness (QED) is 0.530. The van der Waals surface area contributed by atoms with Crippen LogP contribution in [0.1, 0.15) is 39.2 Å². The largest absolute Gasteiger partial charge is 0.490 e. The second-order valence-electron chi connectivity index (χ2n) is 8.27. The number of carbonyl (C=O) groups is 2. The Bertz CT molecular complexity index is 884. The Hall–Kier alpha value is -2.18. The lowest BCUT2D eigenvalue weighted by Crippen LogP contribution is -2.47. The maximum atomic E-state index is 13.1. The van der Waals surface area contributed by atoms with Gasteiger partial charge in [0.05, 0.1) is 4.90 Å². The number of alkyl halides is 3. The molecule has 1 heterocycles. The van der Waals surface area contributed by atoms with E-state index in [1.54, 1.807) is 12.1 Å². The molecule has 34 heavy (non-hydrogen) atoms. The Balaban J connectivity index is 0.000000718. The van der Waals surface area contributed by atoms with Crippen molar-refractivity contribution in [2.24, 2.45) is 5.92 Å². The van der Waals surface area contributed by atoms with Crippen LogP contribution in [-0.2, 0) is 26.0 Å². The molecule has 0 atom stereocenters. The van der Waals surface area contributed by atoms with Gasteiger partial charge in [0.2, 0.25) is 15.9 Å². The zero-order valence-corrected chi connectivity index (χ0v) is 20.6. The number of aliphatic carboxylic acids is 1. The van der Waals surface area contributed by atoms with E-state index in [1.165, 1.54) is 4.31 Å². The molecule has 1 aliphatic heterocycles. The summed E-state index contributed by atoms with van der Waals surface area (Å²) in [6.45, 7) is 9.83. The third-order valence-corrected chi connectivity index (χ3v) is 7.13. The number of nitrogens with zero attached hydrogens (tertiary/aromatic N) is 2. The van der Waals surface area contributed by atoms with E-state index < -0.39 is 22.2 Å². The van der Waals surface area contributed by atoms with Gasteiger partial charge < -0.3 is 15.3 Å². The molecule has 0 saturated carbocycles. The minimum Gasteiger partial charge on any atom is -0.475 e. The van der Waals surface area contributed by atoms with Crippen LogP contribution in [0.2, 0.25) is 0 Å². The van der Waals surface area contributed by atoms with Gasteiger partial charge in [-0.3, -0.25) is 4.79 Å². The standard InChI is InChI=1S/C20H33N3O3S.C2HF3O2/c1-4-18-5-7-19(8-6-18)27(25,26)23(13-9-17(2)3)14-10-20(24)22-15-11-21-12-16-22;3-2(4,5)1(6)7/h5-8,17,21H,4,9-16H2,1-3H3;(H,6,7). The average Bonchev–Trinajstić information content (AvgIpc) is 2.78. The Morgan fingerprint density at radius 3 is 2.09 bits per heavy atom. The third kappa shape index (κ3) is 9.98. The van der Waals surface area contributed by atoms with Crippen LogP contribution < -0.4 is 5.32 Å². The molecule has 194 valence electrons. The topological polar surface area (TPSA) is 107 Å². The number of rotatable bonds is 9. The molecule has 2 N–H and O–H groups in total. The number of nitrogens with one attached hydrogen (secondary N) is 1. The van der Waals surface area contributed by atoms with E-state index in [2.05, 4.69) is 19.2 Å². The summed E-state index contributed by atoms with van der Waals surface area (Å²) >= 11 is 0. The van der Waals surface area contributed by atoms with Crippen LogP contribution in [0, 0.1) is 5.92 Å². The van der Waals surface area contributed by atoms with E-state index in [1.807, 2.05) is 24.0 Å². The first-order chi connectivity index (χ1) is 15.8. The number of halogens is 3. The summed E-state index contributed by atoms with van der Waals surface area (Å²) < 4.78 is 59.5. The van der Waals surface area contributed by atoms with Gasteiger partial charge in [0.25, 0.3) is 0 Å². The van der Waals surface area contributed by atoms with Crippen molar-refractivity contribution in [1.82, 2.24) is 14.5 Å². The second-order valence-corrected chi connectivity index (χ2v) is 10.2. The molecular weight excluding hydrogens is 475 g/mol. The van der Waals surface area contributed by atoms with Crippen LogP contribution in [0.25, 0.3) is 0 Å². The number of carboxylic acids is 1. The molecule has 12 heteroatoms. The fourth-order valence-electron chi connectivity index (χ4n) is 3.09. The highest BCUT2D eigenvalue weighted by atomic mass is 32.2. The molecule has 1 aromatic carbocycles. The third-order valence-electron chi connectivity index (χ3n) is 5.21. The van der Waals surface area contributed by atoms with Gasteiger partial charge in [0, 0.05) is 45.7 Å². The number of hydrogen-bond donors (Lipinski definition) is 2. The van der Waals surface area contributed by atoms with E-state index in [0.29, 0.717) is 30.4 Å². The summed E-state index contributed by atoms with van der Waals surface area (Å²) in [6, 6.07) is 7.07. The maximum absolute atomic E-state index is 13.1. The molecule has 0 bridgehead atoms. The number of carbonyl (C=O) groups excluding carboxylic acids is 1. The Morgan fingerprint density at radius 2 is 1.65 bits per heavy atom. The molecule has 8 nitrogen and oxygen atoms in total. The normalized spacial score (nSPS) is 14.6. The Morgan fingerprint density at radius 1 is 1.12 bits per heavy atom. The predicted molar refractivity (Wildman–Crippen MR) is 122 cm³/mol. The van der Waals surface area contributed by atoms with Gasteiger partial charge >= 0.3 is 12.1 Å². The van der Waals surface area contributed by atoms with Crippen LogP contribution in [0.15, 0.2) is 29.2 Å². The van der Waals surface area contributed by atoms with Gasteiger partial charge in [0.1, 0.15) is 0 Å². The molecule has 0 radical (unpaired) electrons. The van der Waals surface area contributed by atoms with Crippen molar-refractivity contribution < 1.29 is 36.3 Å². The van der Waals surface area contributed by atoms with Crippen molar-refractivity contribution in [2.45, 2.75) is 51.1 Å². The van der Waals surface area contributed by atoms with Gasteiger partial charge in [-0.15, -0.1) is 0 Å². The molecule has 1 saturated heterocycles. The molecular formula is C22H34F3N3O5S. The lowest BCUT2D eigenvalue weighted by atomic mass is 10.1. The second kappa shape index (κ2) is 13.6. The molecule has 0 aromatic heterocycles.